The SMILES string of the molecule is BrC(Br)Br.CCCCO. The summed E-state index contributed by atoms with van der Waals surface area (Å²) in [7, 11) is 0. The van der Waals surface area contributed by atoms with Crippen molar-refractivity contribution in [2.24, 2.45) is 0 Å². The molecule has 0 aromatic rings. The Kier molecular flexibility index (Phi) is 17.5. The first-order chi connectivity index (χ1) is 4.15. The topological polar surface area (TPSA) is 20.2 Å². The third kappa shape index (κ3) is 44.5. The molecule has 1 N–H and O–H groups in total. The van der Waals surface area contributed by atoms with Gasteiger partial charge in [0.25, 0.3) is 0 Å². The van der Waals surface area contributed by atoms with Crippen LogP contribution in [0, 0.1) is 0 Å². The summed E-state index contributed by atoms with van der Waals surface area (Å²) in [6, 6.07) is 0. The van der Waals surface area contributed by atoms with Crippen molar-refractivity contribution in [3.05, 3.63) is 0 Å². The van der Waals surface area contributed by atoms with Gasteiger partial charge < -0.3 is 5.11 Å². The van der Waals surface area contributed by atoms with Crippen molar-refractivity contribution in [2.45, 2.75) is 22.4 Å². The van der Waals surface area contributed by atoms with Gasteiger partial charge in [0.1, 0.15) is 2.65 Å². The summed E-state index contributed by atoms with van der Waals surface area (Å²) in [5, 5.41) is 8.07. The van der Waals surface area contributed by atoms with Crippen LogP contribution in [0.4, 0.5) is 0 Å². The van der Waals surface area contributed by atoms with Crippen LogP contribution >= 0.6 is 47.8 Å². The van der Waals surface area contributed by atoms with Crippen molar-refractivity contribution in [3.8, 4) is 0 Å². The molecule has 0 saturated carbocycles. The standard InChI is InChI=1S/C4H10O.CHBr3/c1-2-3-4-5;2-1(3)4/h5H,2-4H2,1H3;1H. The summed E-state index contributed by atoms with van der Waals surface area (Å²) in [4.78, 5) is 0. The Morgan fingerprint density at radius 3 is 1.67 bits per heavy atom. The molecule has 0 rings (SSSR count). The van der Waals surface area contributed by atoms with Gasteiger partial charge >= 0.3 is 0 Å². The fourth-order valence-corrected chi connectivity index (χ4v) is 0.158. The highest BCUT2D eigenvalue weighted by Gasteiger charge is 1.77. The molecular formula is C5H11Br3O. The van der Waals surface area contributed by atoms with Crippen LogP contribution in [0.5, 0.6) is 0 Å². The van der Waals surface area contributed by atoms with E-state index in [0.717, 1.165) is 12.8 Å². The number of rotatable bonds is 2. The van der Waals surface area contributed by atoms with Gasteiger partial charge in [-0.25, -0.2) is 0 Å². The van der Waals surface area contributed by atoms with E-state index in [1.165, 1.54) is 0 Å². The first-order valence-corrected chi connectivity index (χ1v) is 5.43. The smallest absolute Gasteiger partial charge is 0.124 e. The molecule has 1 nitrogen and oxygen atoms in total. The van der Waals surface area contributed by atoms with Crippen LogP contribution in [-0.4, -0.2) is 14.4 Å². The van der Waals surface area contributed by atoms with Crippen LogP contribution in [0.25, 0.3) is 0 Å². The van der Waals surface area contributed by atoms with E-state index in [0.29, 0.717) is 6.61 Å². The molecule has 0 aliphatic rings. The van der Waals surface area contributed by atoms with E-state index in [9.17, 15) is 0 Å². The molecule has 0 aliphatic heterocycles. The van der Waals surface area contributed by atoms with Crippen molar-refractivity contribution in [1.82, 2.24) is 0 Å². The maximum atomic E-state index is 8.07. The average molecular weight is 327 g/mol. The van der Waals surface area contributed by atoms with E-state index in [4.69, 9.17) is 5.11 Å². The Morgan fingerprint density at radius 2 is 1.67 bits per heavy atom. The number of unbranched alkanes of at least 4 members (excludes halogenated alkanes) is 1. The van der Waals surface area contributed by atoms with Crippen LogP contribution in [0.3, 0.4) is 0 Å². The third-order valence-corrected chi connectivity index (χ3v) is 0.512. The maximum absolute atomic E-state index is 8.07. The summed E-state index contributed by atoms with van der Waals surface area (Å²) in [5.41, 5.74) is 0. The lowest BCUT2D eigenvalue weighted by Gasteiger charge is -1.79. The van der Waals surface area contributed by atoms with Crippen LogP contribution in [0.15, 0.2) is 0 Å². The molecule has 0 radical (unpaired) electrons. The zero-order chi connectivity index (χ0) is 7.70. The quantitative estimate of drug-likeness (QED) is 0.772. The van der Waals surface area contributed by atoms with Gasteiger partial charge in [0.15, 0.2) is 0 Å². The number of halogens is 3. The molecule has 0 fully saturated rings. The second kappa shape index (κ2) is 12.1. The molecule has 9 heavy (non-hydrogen) atoms. The largest absolute Gasteiger partial charge is 0.396 e. The Labute approximate surface area is 81.6 Å². The number of alkyl halides is 3. The van der Waals surface area contributed by atoms with E-state index >= 15 is 0 Å². The zero-order valence-electron chi connectivity index (χ0n) is 5.28. The molecule has 0 saturated heterocycles. The summed E-state index contributed by atoms with van der Waals surface area (Å²) in [6.07, 6.45) is 2.04. The monoisotopic (exact) mass is 324 g/mol. The highest BCUT2D eigenvalue weighted by Crippen LogP contribution is 2.13. The second-order valence-corrected chi connectivity index (χ2v) is 7.76. The summed E-state index contributed by atoms with van der Waals surface area (Å²) in [6.45, 7) is 2.40. The third-order valence-electron chi connectivity index (χ3n) is 0.512. The first-order valence-electron chi connectivity index (χ1n) is 2.68. The average Bonchev–Trinajstić information content (AvgIpc) is 1.66. The van der Waals surface area contributed by atoms with Gasteiger partial charge in [-0.2, -0.15) is 0 Å². The van der Waals surface area contributed by atoms with Gasteiger partial charge in [-0.05, 0) is 6.42 Å². The minimum absolute atomic E-state index is 0.271. The van der Waals surface area contributed by atoms with Crippen molar-refractivity contribution in [1.29, 1.82) is 0 Å². The molecule has 4 heteroatoms. The van der Waals surface area contributed by atoms with Gasteiger partial charge in [-0.15, -0.1) is 0 Å². The molecule has 0 heterocycles. The summed E-state index contributed by atoms with van der Waals surface area (Å²) in [5.74, 6) is 0. The fourth-order valence-electron chi connectivity index (χ4n) is 0.158. The normalized spacial score (nSPS) is 8.67. The summed E-state index contributed by atoms with van der Waals surface area (Å²) < 4.78 is 0.271. The molecule has 0 bridgehead atoms. The highest BCUT2D eigenvalue weighted by atomic mass is 80.0. The first kappa shape index (κ1) is 13.0. The van der Waals surface area contributed by atoms with Crippen molar-refractivity contribution < 1.29 is 5.11 Å². The number of hydrogen-bond acceptors (Lipinski definition) is 1. The minimum atomic E-state index is 0.271. The lowest BCUT2D eigenvalue weighted by molar-refractivity contribution is 0.287. The van der Waals surface area contributed by atoms with E-state index in [2.05, 4.69) is 54.7 Å². The Hall–Kier alpha value is 1.40. The van der Waals surface area contributed by atoms with Gasteiger partial charge in [-0.3, -0.25) is 0 Å². The van der Waals surface area contributed by atoms with Crippen LogP contribution < -0.4 is 0 Å². The fraction of sp³-hybridized carbons (Fsp3) is 1.00. The van der Waals surface area contributed by atoms with Crippen molar-refractivity contribution in [2.75, 3.05) is 6.61 Å². The van der Waals surface area contributed by atoms with Gasteiger partial charge in [0.2, 0.25) is 0 Å². The molecule has 0 aromatic heterocycles. The number of aliphatic hydroxyl groups excluding tert-OH is 1. The number of hydrogen-bond donors (Lipinski definition) is 1. The van der Waals surface area contributed by atoms with Crippen LogP contribution in [0.1, 0.15) is 19.8 Å². The molecular weight excluding hydrogens is 316 g/mol. The summed E-state index contributed by atoms with van der Waals surface area (Å²) >= 11 is 9.31. The molecule has 0 aliphatic carbocycles. The van der Waals surface area contributed by atoms with E-state index in [-0.39, 0.29) is 2.65 Å². The second-order valence-electron chi connectivity index (χ2n) is 1.32. The van der Waals surface area contributed by atoms with E-state index < -0.39 is 0 Å². The van der Waals surface area contributed by atoms with Crippen LogP contribution in [0.2, 0.25) is 0 Å². The van der Waals surface area contributed by atoms with Gasteiger partial charge in [-0.1, -0.05) is 61.1 Å². The molecule has 0 atom stereocenters. The van der Waals surface area contributed by atoms with Gasteiger partial charge in [0.05, 0.1) is 0 Å². The molecule has 0 aromatic carbocycles. The molecule has 0 amide bonds. The maximum Gasteiger partial charge on any atom is 0.124 e. The predicted octanol–water partition coefficient (Wildman–Crippen LogP) is 3.23. The molecule has 0 spiro atoms. The zero-order valence-corrected chi connectivity index (χ0v) is 10.0. The Balaban J connectivity index is 0. The van der Waals surface area contributed by atoms with Crippen LogP contribution in [-0.2, 0) is 0 Å². The Bertz CT molecular complexity index is 36.4. The van der Waals surface area contributed by atoms with E-state index in [1.54, 1.807) is 0 Å². The van der Waals surface area contributed by atoms with Crippen molar-refractivity contribution >= 4 is 47.8 Å². The number of aliphatic hydroxyl groups is 1. The molecule has 58 valence electrons. The van der Waals surface area contributed by atoms with E-state index in [1.807, 2.05) is 0 Å². The van der Waals surface area contributed by atoms with Gasteiger partial charge in [0, 0.05) is 6.61 Å². The predicted molar refractivity (Wildman–Crippen MR) is 52.6 cm³/mol. The highest BCUT2D eigenvalue weighted by molar-refractivity contribution is 9.38. The van der Waals surface area contributed by atoms with Crippen molar-refractivity contribution in [3.63, 3.8) is 0 Å². The molecule has 0 unspecified atom stereocenters. The Morgan fingerprint density at radius 1 is 1.33 bits per heavy atom. The minimum Gasteiger partial charge on any atom is -0.396 e. The lowest BCUT2D eigenvalue weighted by Crippen LogP contribution is -1.75. The lowest BCUT2D eigenvalue weighted by atomic mass is 10.4.